The van der Waals surface area contributed by atoms with Gasteiger partial charge in [0.05, 0.1) is 5.75 Å². The maximum atomic E-state index is 12.1. The molecule has 3 rings (SSSR count). The lowest BCUT2D eigenvalue weighted by Crippen LogP contribution is -2.15. The second-order valence-electron chi connectivity index (χ2n) is 5.60. The smallest absolute Gasteiger partial charge is 0.234 e. The average Bonchev–Trinajstić information content (AvgIpc) is 3.28. The summed E-state index contributed by atoms with van der Waals surface area (Å²) in [6.07, 6.45) is 2.30. The van der Waals surface area contributed by atoms with E-state index in [1.807, 2.05) is 6.92 Å². The van der Waals surface area contributed by atoms with Crippen LogP contribution >= 0.6 is 11.8 Å². The molecule has 1 heterocycles. The van der Waals surface area contributed by atoms with E-state index in [-0.39, 0.29) is 17.4 Å². The van der Waals surface area contributed by atoms with Gasteiger partial charge in [-0.3, -0.25) is 9.59 Å². The van der Waals surface area contributed by atoms with Crippen LogP contribution in [0.5, 0.6) is 0 Å². The minimum absolute atomic E-state index is 0.0246. The number of hydrogen-bond acceptors (Lipinski definition) is 5. The second-order valence-corrected chi connectivity index (χ2v) is 6.55. The molecule has 1 aromatic heterocycles. The highest BCUT2D eigenvalue weighted by Gasteiger charge is 2.28. The molecule has 0 aliphatic heterocycles. The molecular formula is C16H18N4O2S. The summed E-state index contributed by atoms with van der Waals surface area (Å²) in [4.78, 5) is 23.5. The number of benzene rings is 1. The van der Waals surface area contributed by atoms with Crippen LogP contribution in [0.1, 0.15) is 42.0 Å². The molecule has 0 saturated heterocycles. The van der Waals surface area contributed by atoms with Gasteiger partial charge in [0.2, 0.25) is 5.91 Å². The van der Waals surface area contributed by atoms with Gasteiger partial charge >= 0.3 is 0 Å². The van der Waals surface area contributed by atoms with Crippen LogP contribution < -0.4 is 5.32 Å². The van der Waals surface area contributed by atoms with Crippen molar-refractivity contribution < 1.29 is 9.59 Å². The number of carbonyl (C=O) groups excluding carboxylic acids is 2. The van der Waals surface area contributed by atoms with Gasteiger partial charge in [0, 0.05) is 17.3 Å². The Balaban J connectivity index is 1.60. The SMILES string of the molecule is CC(=O)c1cccc(NC(=O)CSc2nnc(C)n2C2CC2)c1. The van der Waals surface area contributed by atoms with E-state index in [4.69, 9.17) is 0 Å². The van der Waals surface area contributed by atoms with Crippen molar-refractivity contribution in [3.63, 3.8) is 0 Å². The molecule has 0 bridgehead atoms. The van der Waals surface area contributed by atoms with Gasteiger partial charge < -0.3 is 9.88 Å². The highest BCUT2D eigenvalue weighted by Crippen LogP contribution is 2.38. The molecule has 120 valence electrons. The molecule has 0 radical (unpaired) electrons. The standard InChI is InChI=1S/C16H18N4O2S/c1-10(21)12-4-3-5-13(8-12)17-15(22)9-23-16-19-18-11(2)20(16)14-6-7-14/h3-5,8,14H,6-7,9H2,1-2H3,(H,17,22). The van der Waals surface area contributed by atoms with Crippen LogP contribution in [-0.2, 0) is 4.79 Å². The summed E-state index contributed by atoms with van der Waals surface area (Å²) >= 11 is 1.38. The predicted octanol–water partition coefficient (Wildman–Crippen LogP) is 2.85. The number of aromatic nitrogens is 3. The number of anilines is 1. The van der Waals surface area contributed by atoms with E-state index in [0.717, 1.165) is 23.8 Å². The first-order valence-electron chi connectivity index (χ1n) is 7.50. The molecule has 1 aliphatic rings. The molecule has 1 fully saturated rings. The van der Waals surface area contributed by atoms with Gasteiger partial charge in [-0.2, -0.15) is 0 Å². The molecule has 1 saturated carbocycles. The first-order valence-corrected chi connectivity index (χ1v) is 8.48. The van der Waals surface area contributed by atoms with Crippen molar-refractivity contribution in [3.8, 4) is 0 Å². The lowest BCUT2D eigenvalue weighted by Gasteiger charge is -2.08. The molecular weight excluding hydrogens is 312 g/mol. The van der Waals surface area contributed by atoms with E-state index in [9.17, 15) is 9.59 Å². The molecule has 1 aliphatic carbocycles. The van der Waals surface area contributed by atoms with Gasteiger partial charge in [-0.25, -0.2) is 0 Å². The third-order valence-electron chi connectivity index (χ3n) is 3.63. The third-order valence-corrected chi connectivity index (χ3v) is 4.58. The zero-order chi connectivity index (χ0) is 16.4. The van der Waals surface area contributed by atoms with Crippen molar-refractivity contribution in [1.82, 2.24) is 14.8 Å². The number of rotatable bonds is 6. The second kappa shape index (κ2) is 6.54. The quantitative estimate of drug-likeness (QED) is 0.651. The molecule has 23 heavy (non-hydrogen) atoms. The Kier molecular flexibility index (Phi) is 4.47. The van der Waals surface area contributed by atoms with Gasteiger partial charge in [0.25, 0.3) is 0 Å². The number of thioether (sulfide) groups is 1. The summed E-state index contributed by atoms with van der Waals surface area (Å²) in [5, 5.41) is 11.8. The predicted molar refractivity (Wildman–Crippen MR) is 88.8 cm³/mol. The van der Waals surface area contributed by atoms with Crippen molar-refractivity contribution in [2.24, 2.45) is 0 Å². The average molecular weight is 330 g/mol. The zero-order valence-corrected chi connectivity index (χ0v) is 13.9. The Hall–Kier alpha value is -2.15. The Morgan fingerprint density at radius 1 is 1.35 bits per heavy atom. The van der Waals surface area contributed by atoms with Crippen molar-refractivity contribution in [2.75, 3.05) is 11.1 Å². The molecule has 1 aromatic carbocycles. The van der Waals surface area contributed by atoms with Gasteiger partial charge in [0.15, 0.2) is 10.9 Å². The maximum absolute atomic E-state index is 12.1. The van der Waals surface area contributed by atoms with Crippen molar-refractivity contribution in [2.45, 2.75) is 37.9 Å². The number of carbonyl (C=O) groups is 2. The Bertz CT molecular complexity index is 752. The Morgan fingerprint density at radius 3 is 2.83 bits per heavy atom. The van der Waals surface area contributed by atoms with Crippen LogP contribution in [0.2, 0.25) is 0 Å². The molecule has 1 N–H and O–H groups in total. The van der Waals surface area contributed by atoms with Crippen LogP contribution in [0.25, 0.3) is 0 Å². The molecule has 0 spiro atoms. The van der Waals surface area contributed by atoms with Crippen molar-refractivity contribution in [1.29, 1.82) is 0 Å². The fourth-order valence-electron chi connectivity index (χ4n) is 2.34. The number of ketones is 1. The van der Waals surface area contributed by atoms with E-state index >= 15 is 0 Å². The van der Waals surface area contributed by atoms with E-state index in [1.54, 1.807) is 24.3 Å². The van der Waals surface area contributed by atoms with Crippen LogP contribution in [-0.4, -0.2) is 32.2 Å². The van der Waals surface area contributed by atoms with Crippen LogP contribution in [0.15, 0.2) is 29.4 Å². The summed E-state index contributed by atoms with van der Waals surface area (Å²) < 4.78 is 2.11. The zero-order valence-electron chi connectivity index (χ0n) is 13.1. The number of nitrogens with zero attached hydrogens (tertiary/aromatic N) is 3. The Morgan fingerprint density at radius 2 is 2.13 bits per heavy atom. The maximum Gasteiger partial charge on any atom is 0.234 e. The lowest BCUT2D eigenvalue weighted by molar-refractivity contribution is -0.113. The first kappa shape index (κ1) is 15.7. The normalized spacial score (nSPS) is 13.8. The number of hydrogen-bond donors (Lipinski definition) is 1. The van der Waals surface area contributed by atoms with Gasteiger partial charge in [-0.05, 0) is 38.8 Å². The van der Waals surface area contributed by atoms with Gasteiger partial charge in [-0.1, -0.05) is 23.9 Å². The van der Waals surface area contributed by atoms with Crippen molar-refractivity contribution >= 4 is 29.1 Å². The van der Waals surface area contributed by atoms with Crippen LogP contribution in [0, 0.1) is 6.92 Å². The summed E-state index contributed by atoms with van der Waals surface area (Å²) in [6.45, 7) is 3.44. The van der Waals surface area contributed by atoms with Gasteiger partial charge in [-0.15, -0.1) is 10.2 Å². The number of nitrogens with one attached hydrogen (secondary N) is 1. The summed E-state index contributed by atoms with van der Waals surface area (Å²) in [6, 6.07) is 7.43. The number of amides is 1. The van der Waals surface area contributed by atoms with Crippen molar-refractivity contribution in [3.05, 3.63) is 35.7 Å². The van der Waals surface area contributed by atoms with E-state index < -0.39 is 0 Å². The summed E-state index contributed by atoms with van der Waals surface area (Å²) in [5.41, 5.74) is 1.21. The number of Topliss-reactive ketones (excluding diaryl/α,β-unsaturated/α-hetero) is 1. The van der Waals surface area contributed by atoms with Crippen LogP contribution in [0.4, 0.5) is 5.69 Å². The molecule has 0 unspecified atom stereocenters. The van der Waals surface area contributed by atoms with E-state index in [0.29, 0.717) is 17.3 Å². The van der Waals surface area contributed by atoms with Crippen LogP contribution in [0.3, 0.4) is 0 Å². The highest BCUT2D eigenvalue weighted by atomic mass is 32.2. The Labute approximate surface area is 138 Å². The van der Waals surface area contributed by atoms with E-state index in [1.165, 1.54) is 18.7 Å². The first-order chi connectivity index (χ1) is 11.0. The summed E-state index contributed by atoms with van der Waals surface area (Å²) in [5.74, 6) is 1.00. The minimum Gasteiger partial charge on any atom is -0.325 e. The molecule has 6 nitrogen and oxygen atoms in total. The topological polar surface area (TPSA) is 76.9 Å². The fraction of sp³-hybridized carbons (Fsp3) is 0.375. The lowest BCUT2D eigenvalue weighted by atomic mass is 10.1. The molecule has 2 aromatic rings. The monoisotopic (exact) mass is 330 g/mol. The molecule has 0 atom stereocenters. The third kappa shape index (κ3) is 3.79. The van der Waals surface area contributed by atoms with E-state index in [2.05, 4.69) is 20.1 Å². The number of aryl methyl sites for hydroxylation is 1. The van der Waals surface area contributed by atoms with Gasteiger partial charge in [0.1, 0.15) is 5.82 Å². The molecule has 7 heteroatoms. The minimum atomic E-state index is -0.126. The fourth-order valence-corrected chi connectivity index (χ4v) is 3.20. The summed E-state index contributed by atoms with van der Waals surface area (Å²) in [7, 11) is 0. The molecule has 1 amide bonds. The largest absolute Gasteiger partial charge is 0.325 e. The highest BCUT2D eigenvalue weighted by molar-refractivity contribution is 7.99.